The molecule has 4 rings (SSSR count). The standard InChI is InChI=1S/C17H28N4O2/c1-11(20-7-6-13(22)8-20)16-17(2,3)10-23-9-14-15(12-4-5-12)18-19-21(14)16/h12-13,16,18-19,22H,1,4-10H2,2-3H3. The molecule has 3 aliphatic heterocycles. The van der Waals surface area contributed by atoms with Gasteiger partial charge in [0.15, 0.2) is 0 Å². The highest BCUT2D eigenvalue weighted by Gasteiger charge is 2.46. The number of aliphatic hydroxyl groups is 1. The maximum absolute atomic E-state index is 9.88. The summed E-state index contributed by atoms with van der Waals surface area (Å²) in [7, 11) is 0. The summed E-state index contributed by atoms with van der Waals surface area (Å²) in [4.78, 5) is 2.23. The second-order valence-electron chi connectivity index (χ2n) is 8.01. The molecule has 0 bridgehead atoms. The summed E-state index contributed by atoms with van der Waals surface area (Å²) in [6.07, 6.45) is 3.10. The average Bonchev–Trinajstić information content (AvgIpc) is 3.15. The lowest BCUT2D eigenvalue weighted by Gasteiger charge is -2.42. The summed E-state index contributed by atoms with van der Waals surface area (Å²) in [5.74, 6) is 0.648. The van der Waals surface area contributed by atoms with Gasteiger partial charge >= 0.3 is 0 Å². The van der Waals surface area contributed by atoms with Crippen LogP contribution in [0.25, 0.3) is 0 Å². The van der Waals surface area contributed by atoms with Crippen molar-refractivity contribution in [2.45, 2.75) is 45.3 Å². The van der Waals surface area contributed by atoms with E-state index in [1.54, 1.807) is 0 Å². The SMILES string of the molecule is C=C(C1N2NNC(C3CC3)=C2COCC1(C)C)N1CCC(O)C1. The second kappa shape index (κ2) is 5.40. The van der Waals surface area contributed by atoms with Crippen LogP contribution in [-0.4, -0.2) is 53.5 Å². The Bertz CT molecular complexity index is 541. The van der Waals surface area contributed by atoms with E-state index < -0.39 is 0 Å². The lowest BCUT2D eigenvalue weighted by Crippen LogP contribution is -2.54. The number of hydrogen-bond acceptors (Lipinski definition) is 6. The molecular weight excluding hydrogens is 292 g/mol. The predicted molar refractivity (Wildman–Crippen MR) is 87.6 cm³/mol. The quantitative estimate of drug-likeness (QED) is 0.719. The average molecular weight is 320 g/mol. The van der Waals surface area contributed by atoms with Crippen LogP contribution in [0.5, 0.6) is 0 Å². The fourth-order valence-corrected chi connectivity index (χ4v) is 4.08. The monoisotopic (exact) mass is 320 g/mol. The zero-order valence-electron chi connectivity index (χ0n) is 14.1. The fraction of sp³-hybridized carbons (Fsp3) is 0.765. The number of ether oxygens (including phenoxy) is 1. The Labute approximate surface area is 138 Å². The van der Waals surface area contributed by atoms with Gasteiger partial charge in [-0.1, -0.05) is 20.4 Å². The molecular formula is C17H28N4O2. The molecule has 2 unspecified atom stereocenters. The Morgan fingerprint density at radius 1 is 1.35 bits per heavy atom. The van der Waals surface area contributed by atoms with Crippen LogP contribution < -0.4 is 11.0 Å². The number of aliphatic hydroxyl groups excluding tert-OH is 1. The van der Waals surface area contributed by atoms with E-state index in [0.29, 0.717) is 25.7 Å². The van der Waals surface area contributed by atoms with Gasteiger partial charge in [-0.2, -0.15) is 0 Å². The molecule has 3 fully saturated rings. The number of rotatable bonds is 3. The smallest absolute Gasteiger partial charge is 0.0934 e. The molecule has 3 heterocycles. The minimum atomic E-state index is -0.237. The molecule has 0 amide bonds. The maximum Gasteiger partial charge on any atom is 0.0934 e. The van der Waals surface area contributed by atoms with Crippen LogP contribution in [0.3, 0.4) is 0 Å². The van der Waals surface area contributed by atoms with Crippen molar-refractivity contribution in [2.75, 3.05) is 26.3 Å². The third-order valence-corrected chi connectivity index (χ3v) is 5.49. The van der Waals surface area contributed by atoms with E-state index in [0.717, 1.165) is 18.7 Å². The number of allylic oxidation sites excluding steroid dienone is 1. The van der Waals surface area contributed by atoms with E-state index in [1.807, 2.05) is 0 Å². The molecule has 6 nitrogen and oxygen atoms in total. The second-order valence-corrected chi connectivity index (χ2v) is 8.01. The molecule has 0 radical (unpaired) electrons. The van der Waals surface area contributed by atoms with Crippen molar-refractivity contribution in [3.63, 3.8) is 0 Å². The minimum absolute atomic E-state index is 0.0694. The third kappa shape index (κ3) is 2.62. The van der Waals surface area contributed by atoms with Crippen LogP contribution in [-0.2, 0) is 4.74 Å². The van der Waals surface area contributed by atoms with E-state index in [-0.39, 0.29) is 17.6 Å². The van der Waals surface area contributed by atoms with Crippen molar-refractivity contribution in [1.29, 1.82) is 0 Å². The van der Waals surface area contributed by atoms with E-state index in [4.69, 9.17) is 4.74 Å². The van der Waals surface area contributed by atoms with Gasteiger partial charge in [0, 0.05) is 30.1 Å². The molecule has 1 aliphatic carbocycles. The molecule has 3 N–H and O–H groups in total. The predicted octanol–water partition coefficient (Wildman–Crippen LogP) is 0.938. The van der Waals surface area contributed by atoms with Crippen molar-refractivity contribution < 1.29 is 9.84 Å². The summed E-state index contributed by atoms with van der Waals surface area (Å²) in [5.41, 5.74) is 10.3. The first kappa shape index (κ1) is 15.3. The number of nitrogens with one attached hydrogen (secondary N) is 2. The van der Waals surface area contributed by atoms with Crippen molar-refractivity contribution in [3.05, 3.63) is 23.7 Å². The number of hydrogen-bond donors (Lipinski definition) is 3. The Kier molecular flexibility index (Phi) is 3.59. The minimum Gasteiger partial charge on any atom is -0.391 e. The van der Waals surface area contributed by atoms with E-state index in [9.17, 15) is 5.11 Å². The van der Waals surface area contributed by atoms with Gasteiger partial charge < -0.3 is 20.2 Å². The highest BCUT2D eigenvalue weighted by Crippen LogP contribution is 2.43. The van der Waals surface area contributed by atoms with Gasteiger partial charge in [-0.25, -0.2) is 0 Å². The molecule has 2 atom stereocenters. The lowest BCUT2D eigenvalue weighted by atomic mass is 9.82. The van der Waals surface area contributed by atoms with Crippen molar-refractivity contribution in [3.8, 4) is 0 Å². The van der Waals surface area contributed by atoms with Gasteiger partial charge in [0.25, 0.3) is 0 Å². The Hall–Kier alpha value is -1.24. The molecule has 1 saturated carbocycles. The van der Waals surface area contributed by atoms with Crippen molar-refractivity contribution >= 4 is 0 Å². The summed E-state index contributed by atoms with van der Waals surface area (Å²) < 4.78 is 6.01. The molecule has 0 aromatic heterocycles. The number of β-amino-alcohol motifs (C(OH)–C–C–N with tert-alkyl or cyclic N) is 1. The molecule has 0 aromatic carbocycles. The number of likely N-dealkylation sites (tertiary alicyclic amines) is 1. The topological polar surface area (TPSA) is 60.0 Å². The Morgan fingerprint density at radius 2 is 2.13 bits per heavy atom. The van der Waals surface area contributed by atoms with Gasteiger partial charge in [0.1, 0.15) is 0 Å². The number of nitrogens with zero attached hydrogens (tertiary/aromatic N) is 2. The summed E-state index contributed by atoms with van der Waals surface area (Å²) in [5, 5.41) is 12.1. The van der Waals surface area contributed by atoms with Gasteiger partial charge in [-0.05, 0) is 19.3 Å². The normalized spacial score (nSPS) is 33.5. The van der Waals surface area contributed by atoms with Crippen LogP contribution in [0, 0.1) is 11.3 Å². The summed E-state index contributed by atoms with van der Waals surface area (Å²) in [6.45, 7) is 11.8. The maximum atomic E-state index is 9.88. The highest BCUT2D eigenvalue weighted by molar-refractivity contribution is 5.27. The highest BCUT2D eigenvalue weighted by atomic mass is 16.5. The van der Waals surface area contributed by atoms with E-state index in [1.165, 1.54) is 24.2 Å². The molecule has 6 heteroatoms. The van der Waals surface area contributed by atoms with E-state index in [2.05, 4.69) is 41.3 Å². The molecule has 0 aromatic rings. The largest absolute Gasteiger partial charge is 0.391 e. The number of hydrazine groups is 2. The van der Waals surface area contributed by atoms with Crippen LogP contribution >= 0.6 is 0 Å². The Balaban J connectivity index is 1.65. The first-order valence-electron chi connectivity index (χ1n) is 8.71. The van der Waals surface area contributed by atoms with Crippen LogP contribution in [0.1, 0.15) is 33.1 Å². The van der Waals surface area contributed by atoms with Crippen molar-refractivity contribution in [2.24, 2.45) is 11.3 Å². The van der Waals surface area contributed by atoms with Crippen LogP contribution in [0.4, 0.5) is 0 Å². The summed E-state index contributed by atoms with van der Waals surface area (Å²) in [6, 6.07) is 0.106. The molecule has 0 spiro atoms. The Morgan fingerprint density at radius 3 is 2.78 bits per heavy atom. The van der Waals surface area contributed by atoms with Gasteiger partial charge in [-0.3, -0.25) is 5.01 Å². The molecule has 2 saturated heterocycles. The molecule has 23 heavy (non-hydrogen) atoms. The van der Waals surface area contributed by atoms with Gasteiger partial charge in [-0.15, -0.1) is 5.53 Å². The van der Waals surface area contributed by atoms with Gasteiger partial charge in [0.05, 0.1) is 36.8 Å². The van der Waals surface area contributed by atoms with E-state index >= 15 is 0 Å². The zero-order chi connectivity index (χ0) is 16.2. The fourth-order valence-electron chi connectivity index (χ4n) is 4.08. The first-order chi connectivity index (χ1) is 11.0. The summed E-state index contributed by atoms with van der Waals surface area (Å²) >= 11 is 0. The first-order valence-corrected chi connectivity index (χ1v) is 8.71. The molecule has 4 aliphatic rings. The zero-order valence-corrected chi connectivity index (χ0v) is 14.1. The van der Waals surface area contributed by atoms with Crippen molar-refractivity contribution in [1.82, 2.24) is 20.9 Å². The third-order valence-electron chi connectivity index (χ3n) is 5.49. The van der Waals surface area contributed by atoms with Crippen LogP contribution in [0.2, 0.25) is 0 Å². The number of fused-ring (bicyclic) bond motifs is 1. The van der Waals surface area contributed by atoms with Crippen LogP contribution in [0.15, 0.2) is 23.7 Å². The van der Waals surface area contributed by atoms with Gasteiger partial charge in [0.2, 0.25) is 0 Å². The lowest BCUT2D eigenvalue weighted by molar-refractivity contribution is 0.0487. The molecule has 128 valence electrons.